The van der Waals surface area contributed by atoms with E-state index in [1.54, 1.807) is 19.2 Å². The van der Waals surface area contributed by atoms with Crippen LogP contribution in [0.2, 0.25) is 0 Å². The summed E-state index contributed by atoms with van der Waals surface area (Å²) < 4.78 is 24.8. The first-order valence-electron chi connectivity index (χ1n) is 8.52. The second kappa shape index (κ2) is 7.53. The van der Waals surface area contributed by atoms with Gasteiger partial charge in [-0.15, -0.1) is 0 Å². The largest absolute Gasteiger partial charge is 0.636 e. The van der Waals surface area contributed by atoms with Crippen molar-refractivity contribution in [2.45, 2.75) is 32.4 Å². The molecule has 134 valence electrons. The van der Waals surface area contributed by atoms with Crippen LogP contribution in [0.4, 0.5) is 4.39 Å². The van der Waals surface area contributed by atoms with E-state index in [1.165, 1.54) is 11.0 Å². The highest BCUT2D eigenvalue weighted by molar-refractivity contribution is 6.64. The summed E-state index contributed by atoms with van der Waals surface area (Å²) in [5, 5.41) is 0. The van der Waals surface area contributed by atoms with Gasteiger partial charge in [0, 0.05) is 23.6 Å². The van der Waals surface area contributed by atoms with Crippen LogP contribution in [0.25, 0.3) is 0 Å². The molecule has 2 saturated heterocycles. The third kappa shape index (κ3) is 4.38. The third-order valence-corrected chi connectivity index (χ3v) is 4.69. The molecule has 0 aromatic heterocycles. The molecule has 1 aromatic rings. The number of benzene rings is 1. The Labute approximate surface area is 147 Å². The van der Waals surface area contributed by atoms with E-state index in [1.807, 2.05) is 0 Å². The smallest absolute Gasteiger partial charge is 0.494 e. The average molecular weight is 348 g/mol. The SMILES string of the molecule is CC1CCCN1Cc1ccc(B2OC(=O)CN(C)CC(=O)O2)cc1F. The summed E-state index contributed by atoms with van der Waals surface area (Å²) in [4.78, 5) is 27.3. The molecule has 0 aliphatic carbocycles. The van der Waals surface area contributed by atoms with Crippen molar-refractivity contribution in [2.24, 2.45) is 0 Å². The number of halogens is 1. The number of likely N-dealkylation sites (N-methyl/N-ethyl adjacent to an activating group) is 1. The maximum atomic E-state index is 14.5. The summed E-state index contributed by atoms with van der Waals surface area (Å²) in [5.74, 6) is -1.42. The number of hydrogen-bond acceptors (Lipinski definition) is 6. The lowest BCUT2D eigenvalue weighted by atomic mass is 9.78. The molecular formula is C17H22BFN2O4. The van der Waals surface area contributed by atoms with Crippen molar-refractivity contribution in [1.82, 2.24) is 9.80 Å². The van der Waals surface area contributed by atoms with Crippen LogP contribution in [0, 0.1) is 5.82 Å². The van der Waals surface area contributed by atoms with Gasteiger partial charge < -0.3 is 9.31 Å². The Kier molecular flexibility index (Phi) is 5.39. The number of carbonyl (C=O) groups excluding carboxylic acids is 2. The van der Waals surface area contributed by atoms with E-state index in [-0.39, 0.29) is 18.9 Å². The van der Waals surface area contributed by atoms with Crippen LogP contribution in [0.3, 0.4) is 0 Å². The summed E-state index contributed by atoms with van der Waals surface area (Å²) >= 11 is 0. The second-order valence-corrected chi connectivity index (χ2v) is 6.80. The molecule has 6 nitrogen and oxygen atoms in total. The molecule has 0 bridgehead atoms. The molecule has 2 aliphatic heterocycles. The van der Waals surface area contributed by atoms with Crippen LogP contribution in [-0.4, -0.2) is 61.6 Å². The zero-order valence-corrected chi connectivity index (χ0v) is 14.5. The van der Waals surface area contributed by atoms with Gasteiger partial charge in [-0.05, 0) is 39.4 Å². The molecule has 2 heterocycles. The molecule has 0 radical (unpaired) electrons. The summed E-state index contributed by atoms with van der Waals surface area (Å²) in [7, 11) is 0.416. The summed E-state index contributed by atoms with van der Waals surface area (Å²) in [6.07, 6.45) is 2.26. The lowest BCUT2D eigenvalue weighted by Crippen LogP contribution is -2.48. The zero-order valence-electron chi connectivity index (χ0n) is 14.5. The number of hydrogen-bond donors (Lipinski definition) is 0. The maximum absolute atomic E-state index is 14.5. The van der Waals surface area contributed by atoms with Gasteiger partial charge in [-0.1, -0.05) is 12.1 Å². The van der Waals surface area contributed by atoms with Crippen molar-refractivity contribution in [3.05, 3.63) is 29.6 Å². The minimum absolute atomic E-state index is 0.0149. The molecule has 0 N–H and O–H groups in total. The molecule has 1 unspecified atom stereocenters. The number of nitrogens with zero attached hydrogens (tertiary/aromatic N) is 2. The predicted molar refractivity (Wildman–Crippen MR) is 90.6 cm³/mol. The van der Waals surface area contributed by atoms with Gasteiger partial charge in [0.25, 0.3) is 0 Å². The summed E-state index contributed by atoms with van der Waals surface area (Å²) in [6, 6.07) is 5.05. The third-order valence-electron chi connectivity index (χ3n) is 4.69. The van der Waals surface area contributed by atoms with Gasteiger partial charge in [-0.3, -0.25) is 19.4 Å². The highest BCUT2D eigenvalue weighted by atomic mass is 19.1. The van der Waals surface area contributed by atoms with E-state index >= 15 is 0 Å². The van der Waals surface area contributed by atoms with E-state index in [0.29, 0.717) is 23.6 Å². The Balaban J connectivity index is 1.74. The van der Waals surface area contributed by atoms with Gasteiger partial charge >= 0.3 is 19.1 Å². The monoisotopic (exact) mass is 348 g/mol. The van der Waals surface area contributed by atoms with Crippen LogP contribution in [0.5, 0.6) is 0 Å². The first kappa shape index (κ1) is 17.9. The first-order valence-corrected chi connectivity index (χ1v) is 8.52. The second-order valence-electron chi connectivity index (χ2n) is 6.80. The lowest BCUT2D eigenvalue weighted by molar-refractivity contribution is -0.145. The predicted octanol–water partition coefficient (Wildman–Crippen LogP) is 0.537. The van der Waals surface area contributed by atoms with Crippen molar-refractivity contribution in [2.75, 3.05) is 26.7 Å². The Hall–Kier alpha value is -1.93. The minimum atomic E-state index is -1.21. The van der Waals surface area contributed by atoms with Gasteiger partial charge in [0.15, 0.2) is 0 Å². The molecule has 25 heavy (non-hydrogen) atoms. The van der Waals surface area contributed by atoms with Crippen LogP contribution >= 0.6 is 0 Å². The Morgan fingerprint density at radius 1 is 1.24 bits per heavy atom. The summed E-state index contributed by atoms with van der Waals surface area (Å²) in [5.41, 5.74) is 0.905. The Morgan fingerprint density at radius 3 is 2.48 bits per heavy atom. The quantitative estimate of drug-likeness (QED) is 0.743. The Morgan fingerprint density at radius 2 is 1.92 bits per heavy atom. The molecule has 2 aliphatic rings. The van der Waals surface area contributed by atoms with Crippen LogP contribution < -0.4 is 5.46 Å². The fourth-order valence-corrected chi connectivity index (χ4v) is 3.25. The van der Waals surface area contributed by atoms with E-state index in [9.17, 15) is 14.0 Å². The number of likely N-dealkylation sites (tertiary alicyclic amines) is 1. The van der Waals surface area contributed by atoms with Crippen LogP contribution in [-0.2, 0) is 25.4 Å². The van der Waals surface area contributed by atoms with Gasteiger partial charge in [0.1, 0.15) is 5.82 Å². The van der Waals surface area contributed by atoms with Gasteiger partial charge in [0.2, 0.25) is 0 Å². The van der Waals surface area contributed by atoms with E-state index in [4.69, 9.17) is 9.31 Å². The van der Waals surface area contributed by atoms with Crippen molar-refractivity contribution in [1.29, 1.82) is 0 Å². The zero-order chi connectivity index (χ0) is 18.0. The van der Waals surface area contributed by atoms with E-state index in [2.05, 4.69) is 11.8 Å². The summed E-state index contributed by atoms with van der Waals surface area (Å²) in [6.45, 7) is 3.62. The fraction of sp³-hybridized carbons (Fsp3) is 0.529. The van der Waals surface area contributed by atoms with Gasteiger partial charge in [-0.2, -0.15) is 0 Å². The van der Waals surface area contributed by atoms with Crippen LogP contribution in [0.15, 0.2) is 18.2 Å². The molecule has 3 rings (SSSR count). The van der Waals surface area contributed by atoms with Gasteiger partial charge in [0.05, 0.1) is 13.1 Å². The van der Waals surface area contributed by atoms with Gasteiger partial charge in [-0.25, -0.2) is 4.39 Å². The van der Waals surface area contributed by atoms with Crippen molar-refractivity contribution >= 4 is 24.5 Å². The maximum Gasteiger partial charge on any atom is 0.636 e. The standard InChI is InChI=1S/C17H22BFN2O4/c1-12-4-3-7-21(12)9-13-5-6-14(8-15(13)19)18-24-16(22)10-20(2)11-17(23)25-18/h5-6,8,12H,3-4,7,9-11H2,1-2H3. The molecule has 2 fully saturated rings. The topological polar surface area (TPSA) is 59.1 Å². The molecule has 8 heteroatoms. The van der Waals surface area contributed by atoms with E-state index in [0.717, 1.165) is 19.4 Å². The average Bonchev–Trinajstić information content (AvgIpc) is 2.92. The molecule has 0 saturated carbocycles. The molecule has 1 aromatic carbocycles. The molecule has 0 spiro atoms. The fourth-order valence-electron chi connectivity index (χ4n) is 3.25. The number of carbonyl (C=O) groups is 2. The van der Waals surface area contributed by atoms with Crippen molar-refractivity contribution in [3.8, 4) is 0 Å². The van der Waals surface area contributed by atoms with Crippen molar-refractivity contribution in [3.63, 3.8) is 0 Å². The van der Waals surface area contributed by atoms with Crippen molar-refractivity contribution < 1.29 is 23.3 Å². The first-order chi connectivity index (χ1) is 11.9. The minimum Gasteiger partial charge on any atom is -0.494 e. The Bertz CT molecular complexity index is 652. The molecule has 0 amide bonds. The van der Waals surface area contributed by atoms with E-state index < -0.39 is 19.1 Å². The molecule has 1 atom stereocenters. The highest BCUT2D eigenvalue weighted by Gasteiger charge is 2.34. The van der Waals surface area contributed by atoms with Crippen LogP contribution in [0.1, 0.15) is 25.3 Å². The molecular weight excluding hydrogens is 326 g/mol. The normalized spacial score (nSPS) is 23.2. The highest BCUT2D eigenvalue weighted by Crippen LogP contribution is 2.20. The number of rotatable bonds is 3. The lowest BCUT2D eigenvalue weighted by Gasteiger charge is -2.23.